The molecule has 0 fully saturated rings. The summed E-state index contributed by atoms with van der Waals surface area (Å²) in [6.45, 7) is 10.2. The molecular formula is C18H27N3O3. The molecule has 2 aromatic rings. The van der Waals surface area contributed by atoms with E-state index in [1.54, 1.807) is 26.4 Å². The summed E-state index contributed by atoms with van der Waals surface area (Å²) in [4.78, 5) is 22.2. The van der Waals surface area contributed by atoms with Gasteiger partial charge in [0, 0.05) is 12.1 Å². The molecule has 0 saturated heterocycles. The number of fused-ring (bicyclic) bond motifs is 1. The van der Waals surface area contributed by atoms with Crippen LogP contribution in [0.4, 0.5) is 0 Å². The normalized spacial score (nSPS) is 12.8. The zero-order valence-electron chi connectivity index (χ0n) is 15.3. The minimum atomic E-state index is -0.163. The maximum Gasteiger partial charge on any atom is 0.258 e. The van der Waals surface area contributed by atoms with Crippen molar-refractivity contribution in [2.75, 3.05) is 20.8 Å². The minimum absolute atomic E-state index is 0.163. The van der Waals surface area contributed by atoms with E-state index in [0.29, 0.717) is 46.7 Å². The molecule has 0 aliphatic heterocycles. The summed E-state index contributed by atoms with van der Waals surface area (Å²) in [7, 11) is 3.12. The van der Waals surface area contributed by atoms with Crippen LogP contribution in [0.1, 0.15) is 33.5 Å². The van der Waals surface area contributed by atoms with Crippen LogP contribution in [0, 0.1) is 5.92 Å². The Balaban J connectivity index is 2.44. The molecule has 2 rings (SSSR count). The quantitative estimate of drug-likeness (QED) is 0.844. The fourth-order valence-corrected chi connectivity index (χ4v) is 2.75. The first-order chi connectivity index (χ1) is 11.4. The monoisotopic (exact) mass is 333 g/mol. The van der Waals surface area contributed by atoms with Crippen molar-refractivity contribution in [2.45, 2.75) is 40.3 Å². The number of hydrogen-bond acceptors (Lipinski definition) is 5. The fraction of sp³-hybridized carbons (Fsp3) is 0.556. The second-order valence-corrected chi connectivity index (χ2v) is 6.28. The van der Waals surface area contributed by atoms with Gasteiger partial charge in [-0.3, -0.25) is 9.69 Å². The maximum atomic E-state index is 12.4. The highest BCUT2D eigenvalue weighted by Crippen LogP contribution is 2.30. The highest BCUT2D eigenvalue weighted by molar-refractivity contribution is 5.81. The molecule has 0 amide bonds. The number of aromatic amines is 1. The van der Waals surface area contributed by atoms with Gasteiger partial charge in [0.15, 0.2) is 11.5 Å². The van der Waals surface area contributed by atoms with E-state index < -0.39 is 0 Å². The summed E-state index contributed by atoms with van der Waals surface area (Å²) < 4.78 is 10.6. The zero-order valence-corrected chi connectivity index (χ0v) is 15.3. The lowest BCUT2D eigenvalue weighted by Crippen LogP contribution is -2.37. The molecular weight excluding hydrogens is 306 g/mol. The first-order valence-corrected chi connectivity index (χ1v) is 8.30. The maximum absolute atomic E-state index is 12.4. The van der Waals surface area contributed by atoms with Gasteiger partial charge in [-0.05, 0) is 25.5 Å². The third kappa shape index (κ3) is 3.70. The van der Waals surface area contributed by atoms with Crippen molar-refractivity contribution in [3.63, 3.8) is 0 Å². The van der Waals surface area contributed by atoms with Crippen LogP contribution < -0.4 is 15.0 Å². The van der Waals surface area contributed by atoms with Crippen molar-refractivity contribution < 1.29 is 9.47 Å². The zero-order chi connectivity index (χ0) is 17.9. The van der Waals surface area contributed by atoms with Crippen molar-refractivity contribution >= 4 is 10.9 Å². The highest BCUT2D eigenvalue weighted by Gasteiger charge is 2.18. The highest BCUT2D eigenvalue weighted by atomic mass is 16.5. The van der Waals surface area contributed by atoms with Gasteiger partial charge in [0.1, 0.15) is 5.82 Å². The average Bonchev–Trinajstić information content (AvgIpc) is 2.57. The Morgan fingerprint density at radius 1 is 1.17 bits per heavy atom. The molecule has 0 radical (unpaired) electrons. The fourth-order valence-electron chi connectivity index (χ4n) is 2.75. The number of nitrogens with one attached hydrogen (secondary N) is 1. The van der Waals surface area contributed by atoms with Gasteiger partial charge < -0.3 is 14.5 Å². The average molecular weight is 333 g/mol. The van der Waals surface area contributed by atoms with Crippen LogP contribution in [-0.4, -0.2) is 41.7 Å². The summed E-state index contributed by atoms with van der Waals surface area (Å²) in [6, 6.07) is 3.81. The molecule has 0 bridgehead atoms. The molecule has 6 nitrogen and oxygen atoms in total. The Bertz CT molecular complexity index is 755. The van der Waals surface area contributed by atoms with Crippen LogP contribution >= 0.6 is 0 Å². The molecule has 132 valence electrons. The van der Waals surface area contributed by atoms with E-state index in [2.05, 4.69) is 42.6 Å². The molecule has 0 spiro atoms. The Labute approximate surface area is 142 Å². The number of methoxy groups -OCH3 is 2. The van der Waals surface area contributed by atoms with Crippen molar-refractivity contribution in [1.29, 1.82) is 0 Å². The molecule has 1 aromatic heterocycles. The topological polar surface area (TPSA) is 67.5 Å². The van der Waals surface area contributed by atoms with Crippen molar-refractivity contribution in [3.8, 4) is 11.5 Å². The second kappa shape index (κ2) is 7.66. The van der Waals surface area contributed by atoms with E-state index >= 15 is 0 Å². The number of benzene rings is 1. The van der Waals surface area contributed by atoms with Gasteiger partial charge in [0.05, 0.1) is 31.7 Å². The lowest BCUT2D eigenvalue weighted by atomic mass is 10.0. The number of hydrogen-bond donors (Lipinski definition) is 1. The molecule has 1 N–H and O–H groups in total. The van der Waals surface area contributed by atoms with Crippen molar-refractivity contribution in [3.05, 3.63) is 28.3 Å². The summed E-state index contributed by atoms with van der Waals surface area (Å²) in [5.74, 6) is 2.28. The first kappa shape index (κ1) is 18.3. The SMILES string of the molecule is CCN(Cc1nc2cc(OC)c(OC)cc2c(=O)[nH]1)C(C)C(C)C. The lowest BCUT2D eigenvalue weighted by Gasteiger charge is -2.30. The van der Waals surface area contributed by atoms with Crippen molar-refractivity contribution in [2.24, 2.45) is 5.92 Å². The van der Waals surface area contributed by atoms with E-state index in [1.165, 1.54) is 0 Å². The van der Waals surface area contributed by atoms with Crippen LogP contribution in [-0.2, 0) is 6.54 Å². The number of H-pyrrole nitrogens is 1. The summed E-state index contributed by atoms with van der Waals surface area (Å²) in [5.41, 5.74) is 0.448. The predicted molar refractivity (Wildman–Crippen MR) is 95.9 cm³/mol. The summed E-state index contributed by atoms with van der Waals surface area (Å²) >= 11 is 0. The van der Waals surface area contributed by atoms with Gasteiger partial charge in [-0.25, -0.2) is 4.98 Å². The number of ether oxygens (including phenoxy) is 2. The molecule has 1 unspecified atom stereocenters. The van der Waals surface area contributed by atoms with Crippen molar-refractivity contribution in [1.82, 2.24) is 14.9 Å². The van der Waals surface area contributed by atoms with Gasteiger partial charge in [-0.15, -0.1) is 0 Å². The van der Waals surface area contributed by atoms with E-state index in [-0.39, 0.29) is 5.56 Å². The van der Waals surface area contributed by atoms with Crippen LogP contribution in [0.25, 0.3) is 10.9 Å². The van der Waals surface area contributed by atoms with Crippen LogP contribution in [0.15, 0.2) is 16.9 Å². The van der Waals surface area contributed by atoms with Gasteiger partial charge in [0.2, 0.25) is 0 Å². The Kier molecular flexibility index (Phi) is 5.83. The Morgan fingerprint density at radius 3 is 2.33 bits per heavy atom. The molecule has 24 heavy (non-hydrogen) atoms. The van der Waals surface area contributed by atoms with E-state index in [0.717, 1.165) is 6.54 Å². The molecule has 6 heteroatoms. The largest absolute Gasteiger partial charge is 0.493 e. The second-order valence-electron chi connectivity index (χ2n) is 6.28. The Morgan fingerprint density at radius 2 is 1.79 bits per heavy atom. The molecule has 1 heterocycles. The Hall–Kier alpha value is -2.08. The van der Waals surface area contributed by atoms with Gasteiger partial charge in [-0.1, -0.05) is 20.8 Å². The molecule has 1 aromatic carbocycles. The molecule has 1 atom stereocenters. The molecule has 0 aliphatic carbocycles. The van der Waals surface area contributed by atoms with Gasteiger partial charge in [-0.2, -0.15) is 0 Å². The first-order valence-electron chi connectivity index (χ1n) is 8.30. The molecule has 0 saturated carbocycles. The van der Waals surface area contributed by atoms with Gasteiger partial charge >= 0.3 is 0 Å². The summed E-state index contributed by atoms with van der Waals surface area (Å²) in [6.07, 6.45) is 0. The number of rotatable bonds is 7. The van der Waals surface area contributed by atoms with Crippen LogP contribution in [0.5, 0.6) is 11.5 Å². The van der Waals surface area contributed by atoms with Crippen LogP contribution in [0.3, 0.4) is 0 Å². The number of aromatic nitrogens is 2. The smallest absolute Gasteiger partial charge is 0.258 e. The third-order valence-electron chi connectivity index (χ3n) is 4.56. The van der Waals surface area contributed by atoms with E-state index in [9.17, 15) is 4.79 Å². The minimum Gasteiger partial charge on any atom is -0.493 e. The predicted octanol–water partition coefficient (Wildman–Crippen LogP) is 2.81. The van der Waals surface area contributed by atoms with E-state index in [4.69, 9.17) is 9.47 Å². The standard InChI is InChI=1S/C18H27N3O3/c1-7-21(12(4)11(2)3)10-17-19-14-9-16(24-6)15(23-5)8-13(14)18(22)20-17/h8-9,11-12H,7,10H2,1-6H3,(H,19,20,22). The lowest BCUT2D eigenvalue weighted by molar-refractivity contribution is 0.165. The summed E-state index contributed by atoms with van der Waals surface area (Å²) in [5, 5.41) is 0.497. The third-order valence-corrected chi connectivity index (χ3v) is 4.56. The van der Waals surface area contributed by atoms with Crippen LogP contribution in [0.2, 0.25) is 0 Å². The van der Waals surface area contributed by atoms with Gasteiger partial charge in [0.25, 0.3) is 5.56 Å². The molecule has 0 aliphatic rings. The van der Waals surface area contributed by atoms with E-state index in [1.807, 2.05) is 0 Å². The number of nitrogens with zero attached hydrogens (tertiary/aromatic N) is 2.